The highest BCUT2D eigenvalue weighted by atomic mass is 35.5. The SMILES string of the molecule is CC1CN(S(=O)(=O)c2ccc(F)cc2)CCC1Cl. The Morgan fingerprint density at radius 2 is 1.94 bits per heavy atom. The first-order chi connectivity index (χ1) is 8.41. The van der Waals surface area contributed by atoms with Crippen molar-refractivity contribution in [2.75, 3.05) is 13.1 Å². The van der Waals surface area contributed by atoms with Crippen LogP contribution >= 0.6 is 11.6 Å². The molecule has 2 unspecified atom stereocenters. The van der Waals surface area contributed by atoms with Gasteiger partial charge in [0.2, 0.25) is 10.0 Å². The van der Waals surface area contributed by atoms with E-state index in [1.54, 1.807) is 0 Å². The second-order valence-electron chi connectivity index (χ2n) is 4.60. The maximum Gasteiger partial charge on any atom is 0.243 e. The molecule has 6 heteroatoms. The molecule has 2 rings (SSSR count). The number of rotatable bonds is 2. The van der Waals surface area contributed by atoms with Crippen molar-refractivity contribution in [1.82, 2.24) is 4.31 Å². The van der Waals surface area contributed by atoms with Crippen LogP contribution in [-0.4, -0.2) is 31.2 Å². The fourth-order valence-electron chi connectivity index (χ4n) is 2.05. The summed E-state index contributed by atoms with van der Waals surface area (Å²) in [4.78, 5) is 0.129. The van der Waals surface area contributed by atoms with Crippen LogP contribution in [0.4, 0.5) is 4.39 Å². The second-order valence-corrected chi connectivity index (χ2v) is 7.10. The number of halogens is 2. The van der Waals surface area contributed by atoms with Crippen molar-refractivity contribution in [3.05, 3.63) is 30.1 Å². The molecule has 1 aromatic carbocycles. The predicted octanol–water partition coefficient (Wildman–Crippen LogP) is 2.46. The van der Waals surface area contributed by atoms with Crippen LogP contribution in [0.1, 0.15) is 13.3 Å². The fraction of sp³-hybridized carbons (Fsp3) is 0.500. The Kier molecular flexibility index (Phi) is 3.94. The maximum absolute atomic E-state index is 12.8. The van der Waals surface area contributed by atoms with Crippen molar-refractivity contribution >= 4 is 21.6 Å². The Morgan fingerprint density at radius 1 is 1.33 bits per heavy atom. The lowest BCUT2D eigenvalue weighted by molar-refractivity contribution is 0.286. The molecule has 1 aliphatic heterocycles. The van der Waals surface area contributed by atoms with Gasteiger partial charge in [0.1, 0.15) is 5.82 Å². The van der Waals surface area contributed by atoms with E-state index in [-0.39, 0.29) is 16.2 Å². The second kappa shape index (κ2) is 5.15. The Balaban J connectivity index is 2.24. The molecule has 0 aromatic heterocycles. The van der Waals surface area contributed by atoms with Gasteiger partial charge >= 0.3 is 0 Å². The zero-order valence-electron chi connectivity index (χ0n) is 10.0. The quantitative estimate of drug-likeness (QED) is 0.785. The first kappa shape index (κ1) is 13.8. The van der Waals surface area contributed by atoms with Crippen LogP contribution in [-0.2, 0) is 10.0 Å². The minimum Gasteiger partial charge on any atom is -0.207 e. The molecular weight excluding hydrogens is 277 g/mol. The molecule has 0 radical (unpaired) electrons. The molecule has 1 aromatic rings. The summed E-state index contributed by atoms with van der Waals surface area (Å²) in [7, 11) is -3.53. The molecule has 0 saturated carbocycles. The van der Waals surface area contributed by atoms with Crippen LogP contribution < -0.4 is 0 Å². The number of alkyl halides is 1. The van der Waals surface area contributed by atoms with E-state index in [0.29, 0.717) is 19.5 Å². The molecule has 0 amide bonds. The Hall–Kier alpha value is -0.650. The predicted molar refractivity (Wildman–Crippen MR) is 68.6 cm³/mol. The van der Waals surface area contributed by atoms with Gasteiger partial charge in [-0.15, -0.1) is 11.6 Å². The summed E-state index contributed by atoms with van der Waals surface area (Å²) in [5.41, 5.74) is 0. The largest absolute Gasteiger partial charge is 0.243 e. The summed E-state index contributed by atoms with van der Waals surface area (Å²) >= 11 is 6.08. The van der Waals surface area contributed by atoms with Gasteiger partial charge in [0.05, 0.1) is 4.90 Å². The number of piperidine rings is 1. The van der Waals surface area contributed by atoms with Gasteiger partial charge in [0.15, 0.2) is 0 Å². The molecule has 1 saturated heterocycles. The molecule has 3 nitrogen and oxygen atoms in total. The minimum absolute atomic E-state index is 0.0182. The van der Waals surface area contributed by atoms with Crippen LogP contribution in [0.5, 0.6) is 0 Å². The van der Waals surface area contributed by atoms with E-state index in [9.17, 15) is 12.8 Å². The van der Waals surface area contributed by atoms with Crippen LogP contribution in [0.15, 0.2) is 29.2 Å². The van der Waals surface area contributed by atoms with Gasteiger partial charge in [-0.05, 0) is 36.6 Å². The molecule has 18 heavy (non-hydrogen) atoms. The average Bonchev–Trinajstić information content (AvgIpc) is 2.33. The smallest absolute Gasteiger partial charge is 0.207 e. The third-order valence-corrected chi connectivity index (χ3v) is 5.74. The molecular formula is C12H15ClFNO2S. The van der Waals surface area contributed by atoms with E-state index < -0.39 is 15.8 Å². The summed E-state index contributed by atoms with van der Waals surface area (Å²) < 4.78 is 38.8. The average molecular weight is 292 g/mol. The number of hydrogen-bond acceptors (Lipinski definition) is 2. The van der Waals surface area contributed by atoms with Crippen LogP contribution in [0.25, 0.3) is 0 Å². The molecule has 1 aliphatic rings. The lowest BCUT2D eigenvalue weighted by Crippen LogP contribution is -2.43. The van der Waals surface area contributed by atoms with Gasteiger partial charge in [-0.3, -0.25) is 0 Å². The van der Waals surface area contributed by atoms with Crippen molar-refractivity contribution < 1.29 is 12.8 Å². The Labute approximate surface area is 112 Å². The molecule has 0 aliphatic carbocycles. The number of benzene rings is 1. The third-order valence-electron chi connectivity index (χ3n) is 3.21. The normalized spacial score (nSPS) is 26.2. The first-order valence-corrected chi connectivity index (χ1v) is 7.68. The lowest BCUT2D eigenvalue weighted by atomic mass is 10.0. The summed E-state index contributed by atoms with van der Waals surface area (Å²) in [6.07, 6.45) is 0.642. The van der Waals surface area contributed by atoms with E-state index in [0.717, 1.165) is 12.1 Å². The van der Waals surface area contributed by atoms with Gasteiger partial charge in [-0.1, -0.05) is 6.92 Å². The maximum atomic E-state index is 12.8. The fourth-order valence-corrected chi connectivity index (χ4v) is 3.79. The summed E-state index contributed by atoms with van der Waals surface area (Å²) in [5, 5.41) is 0.0182. The van der Waals surface area contributed by atoms with Crippen molar-refractivity contribution in [3.8, 4) is 0 Å². The van der Waals surface area contributed by atoms with Gasteiger partial charge < -0.3 is 0 Å². The van der Waals surface area contributed by atoms with Crippen molar-refractivity contribution in [3.63, 3.8) is 0 Å². The van der Waals surface area contributed by atoms with Crippen LogP contribution in [0.2, 0.25) is 0 Å². The van der Waals surface area contributed by atoms with E-state index in [4.69, 9.17) is 11.6 Å². The molecule has 100 valence electrons. The highest BCUT2D eigenvalue weighted by Crippen LogP contribution is 2.26. The number of nitrogens with zero attached hydrogens (tertiary/aromatic N) is 1. The highest BCUT2D eigenvalue weighted by molar-refractivity contribution is 7.89. The third kappa shape index (κ3) is 2.68. The summed E-state index contributed by atoms with van der Waals surface area (Å²) in [6.45, 7) is 2.76. The van der Waals surface area contributed by atoms with Gasteiger partial charge in [0.25, 0.3) is 0 Å². The van der Waals surface area contributed by atoms with Crippen LogP contribution in [0, 0.1) is 11.7 Å². The van der Waals surface area contributed by atoms with Gasteiger partial charge in [-0.25, -0.2) is 12.8 Å². The van der Waals surface area contributed by atoms with Gasteiger partial charge in [0, 0.05) is 18.5 Å². The monoisotopic (exact) mass is 291 g/mol. The molecule has 2 atom stereocenters. The number of hydrogen-bond donors (Lipinski definition) is 0. The van der Waals surface area contributed by atoms with Gasteiger partial charge in [-0.2, -0.15) is 4.31 Å². The molecule has 1 fully saturated rings. The van der Waals surface area contributed by atoms with Crippen LogP contribution in [0.3, 0.4) is 0 Å². The Bertz CT molecular complexity index is 517. The van der Waals surface area contributed by atoms with E-state index >= 15 is 0 Å². The molecule has 1 heterocycles. The summed E-state index contributed by atoms with van der Waals surface area (Å²) in [5.74, 6) is -0.322. The minimum atomic E-state index is -3.53. The van der Waals surface area contributed by atoms with E-state index in [1.165, 1.54) is 16.4 Å². The van der Waals surface area contributed by atoms with E-state index in [1.807, 2.05) is 6.92 Å². The molecule has 0 spiro atoms. The zero-order valence-corrected chi connectivity index (χ0v) is 11.6. The van der Waals surface area contributed by atoms with Crippen molar-refractivity contribution in [1.29, 1.82) is 0 Å². The Morgan fingerprint density at radius 3 is 2.50 bits per heavy atom. The summed E-state index contributed by atoms with van der Waals surface area (Å²) in [6, 6.07) is 4.90. The van der Waals surface area contributed by atoms with E-state index in [2.05, 4.69) is 0 Å². The lowest BCUT2D eigenvalue weighted by Gasteiger charge is -2.33. The topological polar surface area (TPSA) is 37.4 Å². The van der Waals surface area contributed by atoms with Crippen molar-refractivity contribution in [2.24, 2.45) is 5.92 Å². The number of sulfonamides is 1. The van der Waals surface area contributed by atoms with Crippen molar-refractivity contribution in [2.45, 2.75) is 23.6 Å². The standard InChI is InChI=1S/C12H15ClFNO2S/c1-9-8-15(7-6-12(9)13)18(16,17)11-4-2-10(14)3-5-11/h2-5,9,12H,6-8H2,1H3. The molecule has 0 bridgehead atoms. The molecule has 0 N–H and O–H groups in total. The first-order valence-electron chi connectivity index (χ1n) is 5.81. The zero-order chi connectivity index (χ0) is 13.3. The highest BCUT2D eigenvalue weighted by Gasteiger charge is 2.32.